The van der Waals surface area contributed by atoms with Crippen LogP contribution in [0.1, 0.15) is 9.67 Å². The van der Waals surface area contributed by atoms with Crippen molar-refractivity contribution in [1.29, 1.82) is 0 Å². The molecule has 3 rings (SSSR count). The number of thiophene rings is 1. The average molecular weight is 403 g/mol. The number of piperazine rings is 1. The number of hydrogen-bond acceptors (Lipinski definition) is 8. The molecule has 1 saturated heterocycles. The third-order valence-electron chi connectivity index (χ3n) is 3.73. The van der Waals surface area contributed by atoms with Gasteiger partial charge in [0, 0.05) is 38.6 Å². The van der Waals surface area contributed by atoms with E-state index in [2.05, 4.69) is 14.7 Å². The maximum atomic E-state index is 12.9. The number of esters is 1. The molecule has 0 aromatic carbocycles. The molecule has 11 heteroatoms. The topological polar surface area (TPSA) is 92.7 Å². The summed E-state index contributed by atoms with van der Waals surface area (Å²) in [4.78, 5) is 22.0. The fraction of sp³-hybridized carbons (Fsp3) is 0.357. The van der Waals surface area contributed by atoms with Gasteiger partial charge in [0.15, 0.2) is 0 Å². The van der Waals surface area contributed by atoms with Crippen molar-refractivity contribution in [2.45, 2.75) is 4.90 Å². The smallest absolute Gasteiger partial charge is 0.349 e. The molecule has 1 aliphatic heterocycles. The summed E-state index contributed by atoms with van der Waals surface area (Å²) in [5, 5.41) is 0. The monoisotopic (exact) mass is 402 g/mol. The Labute approximate surface area is 154 Å². The van der Waals surface area contributed by atoms with Crippen molar-refractivity contribution in [2.24, 2.45) is 0 Å². The molecule has 0 radical (unpaired) electrons. The lowest BCUT2D eigenvalue weighted by molar-refractivity contribution is 0.0602. The van der Waals surface area contributed by atoms with Crippen LogP contribution in [0.25, 0.3) is 0 Å². The molecule has 25 heavy (non-hydrogen) atoms. The highest BCUT2D eigenvalue weighted by molar-refractivity contribution is 7.89. The summed E-state index contributed by atoms with van der Waals surface area (Å²) in [5.74, 6) is -0.153. The lowest BCUT2D eigenvalue weighted by Gasteiger charge is -2.33. The third-order valence-corrected chi connectivity index (χ3v) is 7.03. The highest BCUT2D eigenvalue weighted by Crippen LogP contribution is 2.33. The number of halogens is 1. The van der Waals surface area contributed by atoms with Crippen molar-refractivity contribution in [3.63, 3.8) is 0 Å². The molecule has 0 aliphatic carbocycles. The summed E-state index contributed by atoms with van der Waals surface area (Å²) in [6, 6.07) is 3.01. The third kappa shape index (κ3) is 3.61. The molecule has 0 saturated carbocycles. The summed E-state index contributed by atoms with van der Waals surface area (Å²) >= 11 is 6.81. The van der Waals surface area contributed by atoms with Gasteiger partial charge in [0.05, 0.1) is 11.4 Å². The molecule has 134 valence electrons. The minimum atomic E-state index is -3.84. The molecule has 3 heterocycles. The van der Waals surface area contributed by atoms with Gasteiger partial charge in [-0.1, -0.05) is 11.6 Å². The Morgan fingerprint density at radius 1 is 1.24 bits per heavy atom. The van der Waals surface area contributed by atoms with Gasteiger partial charge in [-0.15, -0.1) is 11.3 Å². The Kier molecular flexibility index (Phi) is 5.23. The zero-order valence-corrected chi connectivity index (χ0v) is 15.6. The predicted octanol–water partition coefficient (Wildman–Crippen LogP) is 1.49. The second kappa shape index (κ2) is 7.24. The molecule has 2 aromatic rings. The zero-order chi connectivity index (χ0) is 18.0. The normalized spacial score (nSPS) is 16.0. The van der Waals surface area contributed by atoms with Crippen LogP contribution in [0, 0.1) is 0 Å². The Morgan fingerprint density at radius 3 is 2.48 bits per heavy atom. The molecule has 0 bridgehead atoms. The first-order chi connectivity index (χ1) is 11.9. The molecular formula is C14H15ClN4O4S2. The first-order valence-electron chi connectivity index (χ1n) is 7.33. The van der Waals surface area contributed by atoms with Gasteiger partial charge in [0.1, 0.15) is 9.77 Å². The fourth-order valence-electron chi connectivity index (χ4n) is 2.49. The van der Waals surface area contributed by atoms with E-state index in [1.165, 1.54) is 17.5 Å². The van der Waals surface area contributed by atoms with E-state index in [1.807, 2.05) is 4.90 Å². The first-order valence-corrected chi connectivity index (χ1v) is 9.96. The SMILES string of the molecule is COC(=O)c1sc(Cl)cc1S(=O)(=O)N1CCN(c2ncccn2)CC1. The molecule has 0 spiro atoms. The number of carbonyl (C=O) groups is 1. The van der Waals surface area contributed by atoms with E-state index in [0.717, 1.165) is 11.3 Å². The number of methoxy groups -OCH3 is 1. The molecule has 0 N–H and O–H groups in total. The number of anilines is 1. The maximum Gasteiger partial charge on any atom is 0.349 e. The molecule has 2 aromatic heterocycles. The van der Waals surface area contributed by atoms with Crippen molar-refractivity contribution in [2.75, 3.05) is 38.2 Å². The lowest BCUT2D eigenvalue weighted by atomic mass is 10.4. The summed E-state index contributed by atoms with van der Waals surface area (Å²) in [5.41, 5.74) is 0. The van der Waals surface area contributed by atoms with Gasteiger partial charge in [0.2, 0.25) is 16.0 Å². The van der Waals surface area contributed by atoms with Crippen molar-refractivity contribution in [3.05, 3.63) is 33.7 Å². The van der Waals surface area contributed by atoms with E-state index in [4.69, 9.17) is 11.6 Å². The van der Waals surface area contributed by atoms with Crippen molar-refractivity contribution in [1.82, 2.24) is 14.3 Å². The fourth-order valence-corrected chi connectivity index (χ4v) is 5.62. The van der Waals surface area contributed by atoms with Crippen molar-refractivity contribution < 1.29 is 17.9 Å². The van der Waals surface area contributed by atoms with E-state index in [0.29, 0.717) is 19.0 Å². The van der Waals surface area contributed by atoms with E-state index < -0.39 is 16.0 Å². The van der Waals surface area contributed by atoms with Gasteiger partial charge < -0.3 is 9.64 Å². The van der Waals surface area contributed by atoms with Crippen LogP contribution in [-0.4, -0.2) is 61.9 Å². The molecule has 1 fully saturated rings. The standard InChI is InChI=1S/C14H15ClN4O4S2/c1-23-13(20)12-10(9-11(15)24-12)25(21,22)19-7-5-18(6-8-19)14-16-3-2-4-17-14/h2-4,9H,5-8H2,1H3. The van der Waals surface area contributed by atoms with E-state index in [9.17, 15) is 13.2 Å². The Morgan fingerprint density at radius 2 is 1.88 bits per heavy atom. The van der Waals surface area contributed by atoms with Crippen LogP contribution in [0.4, 0.5) is 5.95 Å². The zero-order valence-electron chi connectivity index (χ0n) is 13.3. The number of nitrogens with zero attached hydrogens (tertiary/aromatic N) is 4. The van der Waals surface area contributed by atoms with Gasteiger partial charge in [-0.2, -0.15) is 4.31 Å². The maximum absolute atomic E-state index is 12.9. The molecular weight excluding hydrogens is 388 g/mol. The van der Waals surface area contributed by atoms with Gasteiger partial charge in [-0.3, -0.25) is 0 Å². The highest BCUT2D eigenvalue weighted by Gasteiger charge is 2.34. The van der Waals surface area contributed by atoms with Crippen molar-refractivity contribution in [3.8, 4) is 0 Å². The van der Waals surface area contributed by atoms with E-state index >= 15 is 0 Å². The second-order valence-corrected chi connectivity index (χ2v) is 8.77. The van der Waals surface area contributed by atoms with Gasteiger partial charge in [0.25, 0.3) is 0 Å². The van der Waals surface area contributed by atoms with Crippen LogP contribution >= 0.6 is 22.9 Å². The minimum absolute atomic E-state index is 0.0127. The molecule has 8 nitrogen and oxygen atoms in total. The molecule has 0 amide bonds. The average Bonchev–Trinajstić information content (AvgIpc) is 3.04. The van der Waals surface area contributed by atoms with Gasteiger partial charge >= 0.3 is 5.97 Å². The number of ether oxygens (including phenoxy) is 1. The summed E-state index contributed by atoms with van der Waals surface area (Å²) in [7, 11) is -2.64. The van der Waals surface area contributed by atoms with Gasteiger partial charge in [-0.05, 0) is 12.1 Å². The summed E-state index contributed by atoms with van der Waals surface area (Å²) in [6.45, 7) is 1.42. The lowest BCUT2D eigenvalue weighted by Crippen LogP contribution is -2.49. The van der Waals surface area contributed by atoms with Crippen LogP contribution in [0.2, 0.25) is 4.34 Å². The number of carbonyl (C=O) groups excluding carboxylic acids is 1. The van der Waals surface area contributed by atoms with Crippen LogP contribution in [0.5, 0.6) is 0 Å². The van der Waals surface area contributed by atoms with E-state index in [1.54, 1.807) is 18.5 Å². The van der Waals surface area contributed by atoms with E-state index in [-0.39, 0.29) is 27.2 Å². The molecule has 0 unspecified atom stereocenters. The van der Waals surface area contributed by atoms with Crippen LogP contribution in [-0.2, 0) is 14.8 Å². The largest absolute Gasteiger partial charge is 0.465 e. The second-order valence-electron chi connectivity index (χ2n) is 5.18. The van der Waals surface area contributed by atoms with Gasteiger partial charge in [-0.25, -0.2) is 23.2 Å². The number of hydrogen-bond donors (Lipinski definition) is 0. The first kappa shape index (κ1) is 18.1. The minimum Gasteiger partial charge on any atom is -0.465 e. The molecule has 1 aliphatic rings. The Bertz CT molecular complexity index is 864. The van der Waals surface area contributed by atoms with Crippen molar-refractivity contribution >= 4 is 44.9 Å². The quantitative estimate of drug-likeness (QED) is 0.715. The number of rotatable bonds is 4. The molecule has 0 atom stereocenters. The highest BCUT2D eigenvalue weighted by atomic mass is 35.5. The number of sulfonamides is 1. The summed E-state index contributed by atoms with van der Waals surface area (Å²) < 4.78 is 32.0. The summed E-state index contributed by atoms with van der Waals surface area (Å²) in [6.07, 6.45) is 3.28. The predicted molar refractivity (Wildman–Crippen MR) is 93.7 cm³/mol. The van der Waals surface area contributed by atoms with Crippen LogP contribution in [0.3, 0.4) is 0 Å². The Balaban J connectivity index is 1.80. The number of aromatic nitrogens is 2. The van der Waals surface area contributed by atoms with Crippen LogP contribution < -0.4 is 4.90 Å². The van der Waals surface area contributed by atoms with Crippen LogP contribution in [0.15, 0.2) is 29.4 Å². The Hall–Kier alpha value is -1.75.